The molecule has 0 fully saturated rings. The van der Waals surface area contributed by atoms with Crippen molar-refractivity contribution in [2.24, 2.45) is 0 Å². The average Bonchev–Trinajstić information content (AvgIpc) is 2.61. The van der Waals surface area contributed by atoms with Gasteiger partial charge < -0.3 is 0 Å². The van der Waals surface area contributed by atoms with Gasteiger partial charge in [0.1, 0.15) is 0 Å². The molecule has 0 radical (unpaired) electrons. The minimum atomic E-state index is 0.0198. The molecule has 16 heavy (non-hydrogen) atoms. The van der Waals surface area contributed by atoms with Crippen molar-refractivity contribution in [3.05, 3.63) is 38.6 Å². The van der Waals surface area contributed by atoms with E-state index in [9.17, 15) is 4.79 Å². The third-order valence-corrected chi connectivity index (χ3v) is 3.99. The Morgan fingerprint density at radius 1 is 1.38 bits per heavy atom. The van der Waals surface area contributed by atoms with Crippen LogP contribution in [0.25, 0.3) is 11.3 Å². The zero-order chi connectivity index (χ0) is 11.7. The van der Waals surface area contributed by atoms with E-state index in [1.165, 1.54) is 11.3 Å². The zero-order valence-electron chi connectivity index (χ0n) is 8.95. The molecule has 0 spiro atoms. The van der Waals surface area contributed by atoms with Crippen molar-refractivity contribution < 1.29 is 4.79 Å². The number of hydrogen-bond donors (Lipinski definition) is 0. The summed E-state index contributed by atoms with van der Waals surface area (Å²) in [5, 5.41) is 0.572. The normalized spacial score (nSPS) is 10.4. The van der Waals surface area contributed by atoms with E-state index in [2.05, 4.69) is 20.9 Å². The maximum atomic E-state index is 11.3. The van der Waals surface area contributed by atoms with Crippen LogP contribution in [0.2, 0.25) is 0 Å². The van der Waals surface area contributed by atoms with Crippen LogP contribution >= 0.6 is 27.3 Å². The minimum Gasteiger partial charge on any atom is -0.292 e. The fourth-order valence-corrected chi connectivity index (χ4v) is 2.75. The Morgan fingerprint density at radius 3 is 2.62 bits per heavy atom. The standard InChI is InChI=1S/C12H10BrNOS/c1-7(15)12-14-11(8(2)16-12)9-5-3-4-6-10(9)13/h3-6H,1-2H3. The Morgan fingerprint density at radius 2 is 2.06 bits per heavy atom. The van der Waals surface area contributed by atoms with Crippen molar-refractivity contribution in [2.75, 3.05) is 0 Å². The summed E-state index contributed by atoms with van der Waals surface area (Å²) in [4.78, 5) is 16.7. The first-order chi connectivity index (χ1) is 7.59. The van der Waals surface area contributed by atoms with Crippen LogP contribution in [-0.2, 0) is 0 Å². The molecule has 0 unspecified atom stereocenters. The van der Waals surface area contributed by atoms with Crippen LogP contribution < -0.4 is 0 Å². The van der Waals surface area contributed by atoms with Crippen molar-refractivity contribution in [2.45, 2.75) is 13.8 Å². The van der Waals surface area contributed by atoms with E-state index < -0.39 is 0 Å². The first-order valence-electron chi connectivity index (χ1n) is 4.83. The highest BCUT2D eigenvalue weighted by molar-refractivity contribution is 9.10. The predicted molar refractivity (Wildman–Crippen MR) is 70.0 cm³/mol. The van der Waals surface area contributed by atoms with Gasteiger partial charge in [-0.15, -0.1) is 11.3 Å². The number of hydrogen-bond acceptors (Lipinski definition) is 3. The van der Waals surface area contributed by atoms with Gasteiger partial charge in [0, 0.05) is 21.8 Å². The molecule has 0 saturated carbocycles. The average molecular weight is 296 g/mol. The van der Waals surface area contributed by atoms with Gasteiger partial charge in [-0.25, -0.2) is 4.98 Å². The van der Waals surface area contributed by atoms with E-state index in [-0.39, 0.29) is 5.78 Å². The van der Waals surface area contributed by atoms with Gasteiger partial charge in [0.05, 0.1) is 5.69 Å². The Kier molecular flexibility index (Phi) is 3.21. The Bertz CT molecular complexity index is 548. The summed E-state index contributed by atoms with van der Waals surface area (Å²) in [6.07, 6.45) is 0. The summed E-state index contributed by atoms with van der Waals surface area (Å²) < 4.78 is 0.999. The SMILES string of the molecule is CC(=O)c1nc(-c2ccccc2Br)c(C)s1. The van der Waals surface area contributed by atoms with Crippen molar-refractivity contribution in [1.29, 1.82) is 0 Å². The topological polar surface area (TPSA) is 30.0 Å². The van der Waals surface area contributed by atoms with Crippen LogP contribution in [-0.4, -0.2) is 10.8 Å². The van der Waals surface area contributed by atoms with Gasteiger partial charge in [0.15, 0.2) is 10.8 Å². The first kappa shape index (κ1) is 11.5. The largest absolute Gasteiger partial charge is 0.292 e. The number of halogens is 1. The number of aromatic nitrogens is 1. The number of carbonyl (C=O) groups is 1. The molecule has 0 aliphatic heterocycles. The Balaban J connectivity index is 2.57. The first-order valence-corrected chi connectivity index (χ1v) is 6.44. The fourth-order valence-electron chi connectivity index (χ4n) is 1.45. The molecule has 0 aliphatic rings. The lowest BCUT2D eigenvalue weighted by Gasteiger charge is -2.00. The van der Waals surface area contributed by atoms with Gasteiger partial charge in [-0.3, -0.25) is 4.79 Å². The molecular weight excluding hydrogens is 286 g/mol. The van der Waals surface area contributed by atoms with Crippen LogP contribution in [0.3, 0.4) is 0 Å². The lowest BCUT2D eigenvalue weighted by atomic mass is 10.1. The van der Waals surface area contributed by atoms with E-state index in [4.69, 9.17) is 0 Å². The predicted octanol–water partition coefficient (Wildman–Crippen LogP) is 4.08. The molecule has 82 valence electrons. The molecular formula is C12H10BrNOS. The highest BCUT2D eigenvalue weighted by Gasteiger charge is 2.13. The smallest absolute Gasteiger partial charge is 0.188 e. The number of nitrogens with zero attached hydrogens (tertiary/aromatic N) is 1. The third kappa shape index (κ3) is 2.08. The zero-order valence-corrected chi connectivity index (χ0v) is 11.4. The van der Waals surface area contributed by atoms with E-state index >= 15 is 0 Å². The summed E-state index contributed by atoms with van der Waals surface area (Å²) in [6.45, 7) is 3.53. The summed E-state index contributed by atoms with van der Waals surface area (Å²) in [5.41, 5.74) is 1.92. The molecule has 4 heteroatoms. The number of Topliss-reactive ketones (excluding diaryl/α,β-unsaturated/α-hetero) is 1. The molecule has 0 aliphatic carbocycles. The number of rotatable bonds is 2. The van der Waals surface area contributed by atoms with Gasteiger partial charge in [-0.05, 0) is 13.0 Å². The van der Waals surface area contributed by atoms with Gasteiger partial charge >= 0.3 is 0 Å². The van der Waals surface area contributed by atoms with E-state index in [0.717, 1.165) is 20.6 Å². The quantitative estimate of drug-likeness (QED) is 0.781. The molecule has 1 aromatic carbocycles. The van der Waals surface area contributed by atoms with E-state index in [0.29, 0.717) is 5.01 Å². The highest BCUT2D eigenvalue weighted by atomic mass is 79.9. The van der Waals surface area contributed by atoms with Crippen LogP contribution in [0.4, 0.5) is 0 Å². The Labute approximate surface area is 106 Å². The van der Waals surface area contributed by atoms with Crippen LogP contribution in [0.15, 0.2) is 28.7 Å². The fraction of sp³-hybridized carbons (Fsp3) is 0.167. The second-order valence-corrected chi connectivity index (χ2v) is 5.52. The lowest BCUT2D eigenvalue weighted by molar-refractivity contribution is 0.101. The monoisotopic (exact) mass is 295 g/mol. The van der Waals surface area contributed by atoms with Crippen LogP contribution in [0.5, 0.6) is 0 Å². The van der Waals surface area contributed by atoms with Crippen molar-refractivity contribution in [1.82, 2.24) is 4.98 Å². The van der Waals surface area contributed by atoms with E-state index in [1.807, 2.05) is 31.2 Å². The van der Waals surface area contributed by atoms with Gasteiger partial charge in [-0.1, -0.05) is 34.1 Å². The number of ketones is 1. The van der Waals surface area contributed by atoms with Crippen molar-refractivity contribution >= 4 is 33.0 Å². The maximum absolute atomic E-state index is 11.3. The molecule has 0 bridgehead atoms. The summed E-state index contributed by atoms with van der Waals surface area (Å²) in [6, 6.07) is 7.89. The third-order valence-electron chi connectivity index (χ3n) is 2.23. The molecule has 1 aromatic heterocycles. The molecule has 2 aromatic rings. The minimum absolute atomic E-state index is 0.0198. The molecule has 2 rings (SSSR count). The Hall–Kier alpha value is -1.000. The van der Waals surface area contributed by atoms with Gasteiger partial charge in [-0.2, -0.15) is 0 Å². The van der Waals surface area contributed by atoms with Gasteiger partial charge in [0.25, 0.3) is 0 Å². The molecule has 0 N–H and O–H groups in total. The summed E-state index contributed by atoms with van der Waals surface area (Å²) in [7, 11) is 0. The van der Waals surface area contributed by atoms with Crippen molar-refractivity contribution in [3.8, 4) is 11.3 Å². The maximum Gasteiger partial charge on any atom is 0.188 e. The van der Waals surface area contributed by atoms with Crippen LogP contribution in [0, 0.1) is 6.92 Å². The molecule has 0 atom stereocenters. The van der Waals surface area contributed by atoms with Crippen molar-refractivity contribution in [3.63, 3.8) is 0 Å². The molecule has 2 nitrogen and oxygen atoms in total. The second-order valence-electron chi connectivity index (χ2n) is 3.46. The second kappa shape index (κ2) is 4.47. The highest BCUT2D eigenvalue weighted by Crippen LogP contribution is 2.32. The van der Waals surface area contributed by atoms with E-state index in [1.54, 1.807) is 6.92 Å². The summed E-state index contributed by atoms with van der Waals surface area (Å²) >= 11 is 4.94. The molecule has 0 amide bonds. The molecule has 1 heterocycles. The number of benzene rings is 1. The lowest BCUT2D eigenvalue weighted by Crippen LogP contribution is -1.90. The number of aryl methyl sites for hydroxylation is 1. The molecule has 0 saturated heterocycles. The van der Waals surface area contributed by atoms with Crippen LogP contribution in [0.1, 0.15) is 21.6 Å². The number of thiazole rings is 1. The van der Waals surface area contributed by atoms with Gasteiger partial charge in [0.2, 0.25) is 0 Å². The summed E-state index contributed by atoms with van der Waals surface area (Å²) in [5.74, 6) is 0.0198. The number of carbonyl (C=O) groups excluding carboxylic acids is 1.